The molecule has 2 heterocycles. The molecule has 5 rings (SSSR count). The van der Waals surface area contributed by atoms with Crippen molar-refractivity contribution in [3.8, 4) is 11.1 Å². The minimum atomic E-state index is -0.816. The Kier molecular flexibility index (Phi) is 6.47. The summed E-state index contributed by atoms with van der Waals surface area (Å²) in [6.07, 6.45) is -0.140. The first-order valence-corrected chi connectivity index (χ1v) is 12.1. The Bertz CT molecular complexity index is 1090. The van der Waals surface area contributed by atoms with Crippen molar-refractivity contribution < 1.29 is 29.0 Å². The van der Waals surface area contributed by atoms with Gasteiger partial charge in [-0.15, -0.1) is 0 Å². The number of benzene rings is 2. The molecule has 4 unspecified atom stereocenters. The van der Waals surface area contributed by atoms with E-state index in [2.05, 4.69) is 29.6 Å². The van der Waals surface area contributed by atoms with E-state index in [1.165, 1.54) is 0 Å². The van der Waals surface area contributed by atoms with Crippen molar-refractivity contribution in [2.45, 2.75) is 25.3 Å². The quantitative estimate of drug-likeness (QED) is 0.684. The summed E-state index contributed by atoms with van der Waals surface area (Å²) >= 11 is 0. The number of hydrogen-bond acceptors (Lipinski definition) is 5. The third-order valence-corrected chi connectivity index (χ3v) is 7.58. The van der Waals surface area contributed by atoms with Crippen LogP contribution in [-0.2, 0) is 19.1 Å². The summed E-state index contributed by atoms with van der Waals surface area (Å²) < 4.78 is 11.2. The number of carbonyl (C=O) groups excluding carboxylic acids is 2. The first-order valence-electron chi connectivity index (χ1n) is 12.1. The fourth-order valence-electron chi connectivity index (χ4n) is 5.68. The van der Waals surface area contributed by atoms with Gasteiger partial charge in [0.15, 0.2) is 0 Å². The number of nitrogens with one attached hydrogen (secondary N) is 1. The van der Waals surface area contributed by atoms with Crippen LogP contribution in [-0.4, -0.2) is 66.9 Å². The average molecular weight is 479 g/mol. The predicted octanol–water partition coefficient (Wildman–Crippen LogP) is 3.11. The van der Waals surface area contributed by atoms with Crippen molar-refractivity contribution in [1.82, 2.24) is 10.2 Å². The molecule has 8 heteroatoms. The third kappa shape index (κ3) is 4.50. The van der Waals surface area contributed by atoms with Crippen LogP contribution in [0.15, 0.2) is 48.5 Å². The molecule has 184 valence electrons. The van der Waals surface area contributed by atoms with Crippen LogP contribution in [0.2, 0.25) is 0 Å². The number of hydrogen-bond donors (Lipinski definition) is 2. The van der Waals surface area contributed by atoms with E-state index >= 15 is 0 Å². The molecule has 3 aliphatic rings. The summed E-state index contributed by atoms with van der Waals surface area (Å²) in [5.74, 6) is -2.04. The maximum absolute atomic E-state index is 13.2. The molecular formula is C27H30N2O6. The highest BCUT2D eigenvalue weighted by molar-refractivity contribution is 5.82. The van der Waals surface area contributed by atoms with Crippen molar-refractivity contribution in [3.63, 3.8) is 0 Å². The molecule has 0 spiro atoms. The molecule has 0 aromatic heterocycles. The normalized spacial score (nSPS) is 25.6. The van der Waals surface area contributed by atoms with Crippen molar-refractivity contribution in [1.29, 1.82) is 0 Å². The van der Waals surface area contributed by atoms with E-state index in [9.17, 15) is 19.5 Å². The van der Waals surface area contributed by atoms with Gasteiger partial charge in [0.05, 0.1) is 31.1 Å². The molecule has 0 radical (unpaired) electrons. The number of piperidine rings is 1. The number of carboxylic acids is 1. The molecule has 2 amide bonds. The first kappa shape index (κ1) is 23.4. The molecule has 0 saturated carbocycles. The Hall–Kier alpha value is -3.39. The second-order valence-corrected chi connectivity index (χ2v) is 9.72. The molecule has 2 aliphatic heterocycles. The van der Waals surface area contributed by atoms with Gasteiger partial charge in [-0.05, 0) is 34.6 Å². The van der Waals surface area contributed by atoms with Crippen molar-refractivity contribution in [3.05, 3.63) is 59.7 Å². The molecule has 1 aliphatic carbocycles. The fourth-order valence-corrected chi connectivity index (χ4v) is 5.68. The number of carboxylic acid groups (broad SMARTS) is 1. The average Bonchev–Trinajstić information content (AvgIpc) is 3.44. The van der Waals surface area contributed by atoms with E-state index < -0.39 is 29.9 Å². The monoisotopic (exact) mass is 478 g/mol. The maximum atomic E-state index is 13.2. The maximum Gasteiger partial charge on any atom is 0.407 e. The third-order valence-electron chi connectivity index (χ3n) is 7.58. The van der Waals surface area contributed by atoms with E-state index in [-0.39, 0.29) is 37.6 Å². The summed E-state index contributed by atoms with van der Waals surface area (Å²) in [7, 11) is 0. The Labute approximate surface area is 204 Å². The Balaban J connectivity index is 1.19. The lowest BCUT2D eigenvalue weighted by Gasteiger charge is -2.36. The topological polar surface area (TPSA) is 105 Å². The summed E-state index contributed by atoms with van der Waals surface area (Å²) in [5.41, 5.74) is 4.59. The number of alkyl carbamates (subject to hydrolysis) is 1. The van der Waals surface area contributed by atoms with Gasteiger partial charge in [0.25, 0.3) is 0 Å². The Morgan fingerprint density at radius 2 is 1.69 bits per heavy atom. The van der Waals surface area contributed by atoms with Gasteiger partial charge in [-0.3, -0.25) is 9.59 Å². The molecule has 2 N–H and O–H groups in total. The van der Waals surface area contributed by atoms with Crippen LogP contribution < -0.4 is 5.32 Å². The van der Waals surface area contributed by atoms with Crippen molar-refractivity contribution >= 4 is 18.0 Å². The molecule has 2 aromatic carbocycles. The number of fused-ring (bicyclic) bond motifs is 3. The van der Waals surface area contributed by atoms with E-state index in [1.807, 2.05) is 31.2 Å². The van der Waals surface area contributed by atoms with Crippen LogP contribution in [0, 0.1) is 17.8 Å². The zero-order chi connectivity index (χ0) is 24.5. The largest absolute Gasteiger partial charge is 0.481 e. The first-order chi connectivity index (χ1) is 16.9. The second-order valence-electron chi connectivity index (χ2n) is 9.72. The molecule has 2 aromatic rings. The molecule has 2 saturated heterocycles. The Morgan fingerprint density at radius 1 is 1.03 bits per heavy atom. The van der Waals surface area contributed by atoms with Gasteiger partial charge in [-0.1, -0.05) is 55.5 Å². The Morgan fingerprint density at radius 3 is 2.31 bits per heavy atom. The highest BCUT2D eigenvalue weighted by Gasteiger charge is 2.41. The van der Waals surface area contributed by atoms with E-state index in [0.717, 1.165) is 22.3 Å². The molecule has 0 bridgehead atoms. The van der Waals surface area contributed by atoms with Crippen LogP contribution in [0.25, 0.3) is 11.1 Å². The predicted molar refractivity (Wildman–Crippen MR) is 128 cm³/mol. The van der Waals surface area contributed by atoms with Gasteiger partial charge in [-0.2, -0.15) is 0 Å². The lowest BCUT2D eigenvalue weighted by Crippen LogP contribution is -2.51. The van der Waals surface area contributed by atoms with Gasteiger partial charge in [-0.25, -0.2) is 4.79 Å². The van der Waals surface area contributed by atoms with E-state index in [4.69, 9.17) is 9.47 Å². The van der Waals surface area contributed by atoms with E-state index in [1.54, 1.807) is 4.90 Å². The summed E-state index contributed by atoms with van der Waals surface area (Å²) in [6, 6.07) is 15.8. The number of likely N-dealkylation sites (tertiary alicyclic amines) is 1. The van der Waals surface area contributed by atoms with Crippen LogP contribution in [0.1, 0.15) is 30.4 Å². The van der Waals surface area contributed by atoms with Crippen LogP contribution in [0.3, 0.4) is 0 Å². The molecular weight excluding hydrogens is 448 g/mol. The van der Waals surface area contributed by atoms with Crippen LogP contribution in [0.4, 0.5) is 4.79 Å². The molecule has 4 atom stereocenters. The van der Waals surface area contributed by atoms with Gasteiger partial charge in [0.1, 0.15) is 6.61 Å². The van der Waals surface area contributed by atoms with Gasteiger partial charge < -0.3 is 24.8 Å². The highest BCUT2D eigenvalue weighted by atomic mass is 16.5. The lowest BCUT2D eigenvalue weighted by molar-refractivity contribution is -0.149. The number of amides is 2. The zero-order valence-electron chi connectivity index (χ0n) is 19.7. The van der Waals surface area contributed by atoms with Gasteiger partial charge in [0.2, 0.25) is 5.91 Å². The zero-order valence-corrected chi connectivity index (χ0v) is 19.7. The van der Waals surface area contributed by atoms with Crippen molar-refractivity contribution in [2.75, 3.05) is 32.9 Å². The van der Waals surface area contributed by atoms with Crippen LogP contribution >= 0.6 is 0 Å². The molecule has 35 heavy (non-hydrogen) atoms. The smallest absolute Gasteiger partial charge is 0.407 e. The van der Waals surface area contributed by atoms with Gasteiger partial charge in [0, 0.05) is 19.0 Å². The van der Waals surface area contributed by atoms with E-state index in [0.29, 0.717) is 19.5 Å². The number of carbonyl (C=O) groups is 3. The lowest BCUT2D eigenvalue weighted by atomic mass is 9.86. The van der Waals surface area contributed by atoms with Gasteiger partial charge >= 0.3 is 12.1 Å². The number of rotatable bonds is 5. The van der Waals surface area contributed by atoms with Crippen LogP contribution in [0.5, 0.6) is 0 Å². The second kappa shape index (κ2) is 9.70. The summed E-state index contributed by atoms with van der Waals surface area (Å²) in [4.78, 5) is 39.0. The summed E-state index contributed by atoms with van der Waals surface area (Å²) in [6.45, 7) is 3.31. The number of ether oxygens (including phenoxy) is 2. The van der Waals surface area contributed by atoms with Crippen molar-refractivity contribution in [2.24, 2.45) is 17.8 Å². The summed E-state index contributed by atoms with van der Waals surface area (Å²) in [5, 5.41) is 12.2. The SMILES string of the molecule is CC1CN(C(=O)C2COCC2NC(=O)OCC2c3ccccc3-c3ccccc32)CCC1C(=O)O. The number of nitrogens with zero attached hydrogens (tertiary/aromatic N) is 1. The minimum Gasteiger partial charge on any atom is -0.481 e. The number of aliphatic carboxylic acids is 1. The standard InChI is InChI=1S/C27H30N2O6/c1-16-12-29(11-10-17(16)26(31)32)25(30)23-13-34-15-24(23)28-27(33)35-14-22-20-8-4-2-6-18(20)19-7-3-5-9-21(19)22/h2-9,16-17,22-24H,10-15H2,1H3,(H,28,33)(H,31,32). The molecule has 2 fully saturated rings. The minimum absolute atomic E-state index is 0.0394. The molecule has 8 nitrogen and oxygen atoms in total. The fraction of sp³-hybridized carbons (Fsp3) is 0.444. The highest BCUT2D eigenvalue weighted by Crippen LogP contribution is 2.44.